The van der Waals surface area contributed by atoms with Gasteiger partial charge in [-0.25, -0.2) is 14.4 Å². The van der Waals surface area contributed by atoms with Gasteiger partial charge < -0.3 is 19.9 Å². The Balaban J connectivity index is 1.58. The van der Waals surface area contributed by atoms with Crippen LogP contribution in [0.4, 0.5) is 10.2 Å². The van der Waals surface area contributed by atoms with Gasteiger partial charge in [0, 0.05) is 31.7 Å². The molecule has 1 amide bonds. The molecule has 8 heteroatoms. The molecule has 3 rings (SSSR count). The molecule has 1 aromatic heterocycles. The first-order valence-corrected chi connectivity index (χ1v) is 8.84. The highest BCUT2D eigenvalue weighted by molar-refractivity contribution is 5.78. The summed E-state index contributed by atoms with van der Waals surface area (Å²) < 4.78 is 18.4. The molecule has 144 valence electrons. The quantitative estimate of drug-likeness (QED) is 0.786. The summed E-state index contributed by atoms with van der Waals surface area (Å²) >= 11 is 0. The Bertz CT molecular complexity index is 742. The van der Waals surface area contributed by atoms with Crippen LogP contribution in [0, 0.1) is 11.7 Å². The van der Waals surface area contributed by atoms with E-state index in [1.165, 1.54) is 30.6 Å². The van der Waals surface area contributed by atoms with Gasteiger partial charge in [0.15, 0.2) is 6.61 Å². The zero-order valence-electron chi connectivity index (χ0n) is 15.5. The van der Waals surface area contributed by atoms with Crippen LogP contribution in [0.15, 0.2) is 42.9 Å². The summed E-state index contributed by atoms with van der Waals surface area (Å²) in [5.74, 6) is 1.05. The molecule has 1 aliphatic heterocycles. The van der Waals surface area contributed by atoms with Crippen LogP contribution in [-0.2, 0) is 4.79 Å². The average molecular weight is 373 g/mol. The molecule has 1 fully saturated rings. The molecule has 0 saturated carbocycles. The van der Waals surface area contributed by atoms with E-state index in [9.17, 15) is 9.18 Å². The Morgan fingerprint density at radius 1 is 1.30 bits per heavy atom. The van der Waals surface area contributed by atoms with Crippen molar-refractivity contribution in [3.05, 3.63) is 48.7 Å². The second-order valence-electron chi connectivity index (χ2n) is 6.91. The monoisotopic (exact) mass is 373 g/mol. The van der Waals surface area contributed by atoms with Crippen molar-refractivity contribution in [2.75, 3.05) is 45.2 Å². The standard InChI is InChI=1S/C19H24FN5O2/c1-24(2)9-14-10-25(18-7-8-21-13-22-18)11-17(14)23-19(26)12-27-16-5-3-15(20)4-6-16/h3-8,13-14,17H,9-12H2,1-2H3,(H,23,26)/t14-,17-/m1/s1. The summed E-state index contributed by atoms with van der Waals surface area (Å²) in [6.45, 7) is 2.23. The number of benzene rings is 1. The molecule has 2 heterocycles. The van der Waals surface area contributed by atoms with E-state index >= 15 is 0 Å². The fraction of sp³-hybridized carbons (Fsp3) is 0.421. The minimum absolute atomic E-state index is 0.00770. The largest absolute Gasteiger partial charge is 0.484 e. The lowest BCUT2D eigenvalue weighted by Gasteiger charge is -2.22. The van der Waals surface area contributed by atoms with E-state index in [2.05, 4.69) is 25.1 Å². The molecule has 0 aliphatic carbocycles. The van der Waals surface area contributed by atoms with Gasteiger partial charge in [0.05, 0.1) is 6.04 Å². The maximum absolute atomic E-state index is 12.9. The Hall–Kier alpha value is -2.74. The number of hydrogen-bond donors (Lipinski definition) is 1. The van der Waals surface area contributed by atoms with E-state index in [4.69, 9.17) is 4.74 Å². The molecule has 0 bridgehead atoms. The van der Waals surface area contributed by atoms with E-state index < -0.39 is 0 Å². The molecule has 27 heavy (non-hydrogen) atoms. The van der Waals surface area contributed by atoms with Gasteiger partial charge in [-0.2, -0.15) is 0 Å². The first-order chi connectivity index (χ1) is 13.0. The second kappa shape index (κ2) is 8.77. The number of carbonyl (C=O) groups is 1. The Morgan fingerprint density at radius 2 is 2.07 bits per heavy atom. The van der Waals surface area contributed by atoms with Gasteiger partial charge in [-0.1, -0.05) is 0 Å². The number of ether oxygens (including phenoxy) is 1. The van der Waals surface area contributed by atoms with Crippen molar-refractivity contribution >= 4 is 11.7 Å². The predicted molar refractivity (Wildman–Crippen MR) is 100 cm³/mol. The minimum Gasteiger partial charge on any atom is -0.484 e. The number of nitrogens with zero attached hydrogens (tertiary/aromatic N) is 4. The third-order valence-corrected chi connectivity index (χ3v) is 4.46. The Labute approximate surface area is 158 Å². The van der Waals surface area contributed by atoms with Crippen LogP contribution >= 0.6 is 0 Å². The number of nitrogens with one attached hydrogen (secondary N) is 1. The molecular formula is C19H24FN5O2. The minimum atomic E-state index is -0.339. The van der Waals surface area contributed by atoms with Crippen LogP contribution in [0.2, 0.25) is 0 Å². The van der Waals surface area contributed by atoms with E-state index in [-0.39, 0.29) is 30.3 Å². The van der Waals surface area contributed by atoms with Crippen molar-refractivity contribution in [2.24, 2.45) is 5.92 Å². The van der Waals surface area contributed by atoms with Crippen molar-refractivity contribution < 1.29 is 13.9 Å². The van der Waals surface area contributed by atoms with Crippen LogP contribution in [0.1, 0.15) is 0 Å². The zero-order valence-corrected chi connectivity index (χ0v) is 15.5. The van der Waals surface area contributed by atoms with Crippen molar-refractivity contribution in [3.8, 4) is 5.75 Å². The molecule has 1 aliphatic rings. The molecule has 1 aromatic carbocycles. The Morgan fingerprint density at radius 3 is 2.74 bits per heavy atom. The number of aromatic nitrogens is 2. The van der Waals surface area contributed by atoms with Crippen LogP contribution in [0.25, 0.3) is 0 Å². The van der Waals surface area contributed by atoms with Gasteiger partial charge >= 0.3 is 0 Å². The Kier molecular flexibility index (Phi) is 6.18. The number of halogens is 1. The lowest BCUT2D eigenvalue weighted by Crippen LogP contribution is -2.45. The number of carbonyl (C=O) groups excluding carboxylic acids is 1. The van der Waals surface area contributed by atoms with Crippen molar-refractivity contribution in [3.63, 3.8) is 0 Å². The molecule has 1 saturated heterocycles. The summed E-state index contributed by atoms with van der Waals surface area (Å²) in [6, 6.07) is 7.47. The van der Waals surface area contributed by atoms with E-state index in [1.807, 2.05) is 20.2 Å². The number of amides is 1. The zero-order chi connectivity index (χ0) is 19.2. The maximum atomic E-state index is 12.9. The van der Waals surface area contributed by atoms with Crippen molar-refractivity contribution in [1.29, 1.82) is 0 Å². The molecule has 0 radical (unpaired) electrons. The summed E-state index contributed by atoms with van der Waals surface area (Å²) in [5, 5.41) is 3.07. The molecule has 7 nitrogen and oxygen atoms in total. The molecule has 0 spiro atoms. The molecular weight excluding hydrogens is 349 g/mol. The molecule has 2 atom stereocenters. The third kappa shape index (κ3) is 5.37. The van der Waals surface area contributed by atoms with E-state index in [1.54, 1.807) is 6.20 Å². The highest BCUT2D eigenvalue weighted by Crippen LogP contribution is 2.22. The average Bonchev–Trinajstić information content (AvgIpc) is 3.04. The predicted octanol–water partition coefficient (Wildman–Crippen LogP) is 1.18. The lowest BCUT2D eigenvalue weighted by atomic mass is 10.0. The van der Waals surface area contributed by atoms with Gasteiger partial charge in [-0.15, -0.1) is 0 Å². The van der Waals surface area contributed by atoms with Gasteiger partial charge in [0.2, 0.25) is 0 Å². The van der Waals surface area contributed by atoms with Crippen molar-refractivity contribution in [2.45, 2.75) is 6.04 Å². The van der Waals surface area contributed by atoms with Gasteiger partial charge in [-0.05, 0) is 44.4 Å². The summed E-state index contributed by atoms with van der Waals surface area (Å²) in [4.78, 5) is 24.9. The highest BCUT2D eigenvalue weighted by atomic mass is 19.1. The molecule has 2 aromatic rings. The fourth-order valence-electron chi connectivity index (χ4n) is 3.27. The lowest BCUT2D eigenvalue weighted by molar-refractivity contribution is -0.124. The van der Waals surface area contributed by atoms with E-state index in [0.29, 0.717) is 12.3 Å². The van der Waals surface area contributed by atoms with Gasteiger partial charge in [-0.3, -0.25) is 4.79 Å². The number of hydrogen-bond acceptors (Lipinski definition) is 6. The normalized spacial score (nSPS) is 19.3. The number of anilines is 1. The van der Waals surface area contributed by atoms with E-state index in [0.717, 1.165) is 18.9 Å². The van der Waals surface area contributed by atoms with Crippen LogP contribution in [-0.4, -0.2) is 67.2 Å². The first-order valence-electron chi connectivity index (χ1n) is 8.84. The van der Waals surface area contributed by atoms with Crippen molar-refractivity contribution in [1.82, 2.24) is 20.2 Å². The SMILES string of the molecule is CN(C)C[C@@H]1CN(c2ccncn2)C[C@H]1NC(=O)COc1ccc(F)cc1. The van der Waals surface area contributed by atoms with Gasteiger partial charge in [0.25, 0.3) is 5.91 Å². The smallest absolute Gasteiger partial charge is 0.258 e. The summed E-state index contributed by atoms with van der Waals surface area (Å²) in [6.07, 6.45) is 3.24. The number of rotatable bonds is 7. The second-order valence-corrected chi connectivity index (χ2v) is 6.91. The van der Waals surface area contributed by atoms with Crippen LogP contribution in [0.3, 0.4) is 0 Å². The maximum Gasteiger partial charge on any atom is 0.258 e. The molecule has 0 unspecified atom stereocenters. The molecule has 1 N–H and O–H groups in total. The van der Waals surface area contributed by atoms with Gasteiger partial charge in [0.1, 0.15) is 23.7 Å². The third-order valence-electron chi connectivity index (χ3n) is 4.46. The fourth-order valence-corrected chi connectivity index (χ4v) is 3.27. The first kappa shape index (κ1) is 19.0. The highest BCUT2D eigenvalue weighted by Gasteiger charge is 2.34. The topological polar surface area (TPSA) is 70.6 Å². The summed E-state index contributed by atoms with van der Waals surface area (Å²) in [7, 11) is 4.04. The van der Waals surface area contributed by atoms with Crippen LogP contribution in [0.5, 0.6) is 5.75 Å². The summed E-state index contributed by atoms with van der Waals surface area (Å²) in [5.41, 5.74) is 0. The van der Waals surface area contributed by atoms with Crippen LogP contribution < -0.4 is 15.0 Å².